The fourth-order valence-corrected chi connectivity index (χ4v) is 2.20. The van der Waals surface area contributed by atoms with Gasteiger partial charge in [-0.15, -0.1) is 0 Å². The van der Waals surface area contributed by atoms with E-state index in [1.807, 2.05) is 24.3 Å². The summed E-state index contributed by atoms with van der Waals surface area (Å²) >= 11 is 0. The van der Waals surface area contributed by atoms with E-state index in [4.69, 9.17) is 4.74 Å². The highest BCUT2D eigenvalue weighted by Crippen LogP contribution is 2.31. The number of esters is 1. The lowest BCUT2D eigenvalue weighted by Crippen LogP contribution is -2.13. The van der Waals surface area contributed by atoms with Gasteiger partial charge in [-0.25, -0.2) is 0 Å². The summed E-state index contributed by atoms with van der Waals surface area (Å²) in [5.74, 6) is -0.272. The Morgan fingerprint density at radius 1 is 1.33 bits per heavy atom. The molecule has 1 aromatic carbocycles. The van der Waals surface area contributed by atoms with E-state index in [-0.39, 0.29) is 18.0 Å². The van der Waals surface area contributed by atoms with E-state index in [0.29, 0.717) is 6.42 Å². The van der Waals surface area contributed by atoms with Crippen molar-refractivity contribution in [3.8, 4) is 0 Å². The first kappa shape index (κ1) is 12.6. The number of ether oxygens (including phenoxy) is 1. The zero-order valence-electron chi connectivity index (χ0n) is 10.4. The molecular weight excluding hydrogens is 230 g/mol. The van der Waals surface area contributed by atoms with Gasteiger partial charge in [-0.05, 0) is 25.3 Å². The van der Waals surface area contributed by atoms with Crippen molar-refractivity contribution in [2.45, 2.75) is 38.7 Å². The van der Waals surface area contributed by atoms with Gasteiger partial charge in [0.25, 0.3) is 0 Å². The third-order valence-electron chi connectivity index (χ3n) is 3.01. The van der Waals surface area contributed by atoms with Crippen molar-refractivity contribution in [3.63, 3.8) is 0 Å². The maximum atomic E-state index is 11.7. The van der Waals surface area contributed by atoms with Crippen LogP contribution >= 0.6 is 0 Å². The zero-order chi connectivity index (χ0) is 13.0. The number of hydrogen-bond acceptors (Lipinski definition) is 3. The molecule has 1 amide bonds. The molecule has 96 valence electrons. The Balaban J connectivity index is 2.32. The molecule has 1 aliphatic rings. The van der Waals surface area contributed by atoms with E-state index >= 15 is 0 Å². The number of hydrogen-bond donors (Lipinski definition) is 1. The van der Waals surface area contributed by atoms with Gasteiger partial charge in [-0.2, -0.15) is 0 Å². The van der Waals surface area contributed by atoms with Crippen molar-refractivity contribution in [3.05, 3.63) is 29.8 Å². The van der Waals surface area contributed by atoms with Crippen LogP contribution in [0.3, 0.4) is 0 Å². The SMILES string of the molecule is CC(=O)OC1CCCCC(=O)Nc2ccccc21. The Labute approximate surface area is 106 Å². The number of nitrogens with one attached hydrogen (secondary N) is 1. The summed E-state index contributed by atoms with van der Waals surface area (Å²) in [4.78, 5) is 22.8. The molecule has 1 atom stereocenters. The number of amides is 1. The van der Waals surface area contributed by atoms with Crippen molar-refractivity contribution < 1.29 is 14.3 Å². The minimum absolute atomic E-state index is 0.0194. The van der Waals surface area contributed by atoms with E-state index in [0.717, 1.165) is 30.5 Å². The summed E-state index contributed by atoms with van der Waals surface area (Å²) in [6.45, 7) is 1.41. The number of rotatable bonds is 1. The monoisotopic (exact) mass is 247 g/mol. The number of carbonyl (C=O) groups excluding carboxylic acids is 2. The molecule has 18 heavy (non-hydrogen) atoms. The molecule has 0 spiro atoms. The summed E-state index contributed by atoms with van der Waals surface area (Å²) in [5, 5.41) is 2.88. The zero-order valence-corrected chi connectivity index (χ0v) is 10.4. The third-order valence-corrected chi connectivity index (χ3v) is 3.01. The van der Waals surface area contributed by atoms with Crippen LogP contribution in [0.15, 0.2) is 24.3 Å². The van der Waals surface area contributed by atoms with Crippen LogP contribution in [0.1, 0.15) is 44.3 Å². The minimum atomic E-state index is -0.291. The molecule has 0 saturated carbocycles. The van der Waals surface area contributed by atoms with Gasteiger partial charge < -0.3 is 10.1 Å². The number of anilines is 1. The molecule has 1 aliphatic heterocycles. The Hall–Kier alpha value is -1.84. The number of para-hydroxylation sites is 1. The summed E-state index contributed by atoms with van der Waals surface area (Å²) in [7, 11) is 0. The largest absolute Gasteiger partial charge is 0.458 e. The Morgan fingerprint density at radius 3 is 2.89 bits per heavy atom. The van der Waals surface area contributed by atoms with Gasteiger partial charge >= 0.3 is 5.97 Å². The lowest BCUT2D eigenvalue weighted by molar-refractivity contribution is -0.147. The number of benzene rings is 1. The predicted octanol–water partition coefficient (Wildman–Crippen LogP) is 2.80. The molecule has 0 fully saturated rings. The normalized spacial score (nSPS) is 19.8. The first-order valence-corrected chi connectivity index (χ1v) is 6.23. The highest BCUT2D eigenvalue weighted by Gasteiger charge is 2.20. The van der Waals surface area contributed by atoms with Crippen molar-refractivity contribution in [1.82, 2.24) is 0 Å². The van der Waals surface area contributed by atoms with Crippen LogP contribution in [0.2, 0.25) is 0 Å². The molecule has 0 saturated heterocycles. The summed E-state index contributed by atoms with van der Waals surface area (Å²) in [5.41, 5.74) is 1.62. The molecule has 0 radical (unpaired) electrons. The second-order valence-electron chi connectivity index (χ2n) is 4.48. The summed E-state index contributed by atoms with van der Waals surface area (Å²) in [6, 6.07) is 7.49. The molecule has 1 heterocycles. The maximum Gasteiger partial charge on any atom is 0.303 e. The highest BCUT2D eigenvalue weighted by molar-refractivity contribution is 5.91. The molecule has 0 aliphatic carbocycles. The van der Waals surface area contributed by atoms with Crippen molar-refractivity contribution in [2.75, 3.05) is 5.32 Å². The van der Waals surface area contributed by atoms with Gasteiger partial charge in [0.05, 0.1) is 0 Å². The van der Waals surface area contributed by atoms with E-state index in [9.17, 15) is 9.59 Å². The Kier molecular flexibility index (Phi) is 3.97. The summed E-state index contributed by atoms with van der Waals surface area (Å²) in [6.07, 6.45) is 2.70. The maximum absolute atomic E-state index is 11.7. The van der Waals surface area contributed by atoms with Gasteiger partial charge in [0.1, 0.15) is 6.10 Å². The summed E-state index contributed by atoms with van der Waals surface area (Å²) < 4.78 is 5.35. The molecule has 1 aromatic rings. The van der Waals surface area contributed by atoms with Crippen LogP contribution in [0.25, 0.3) is 0 Å². The fourth-order valence-electron chi connectivity index (χ4n) is 2.20. The smallest absolute Gasteiger partial charge is 0.303 e. The second kappa shape index (κ2) is 5.67. The quantitative estimate of drug-likeness (QED) is 0.776. The Morgan fingerprint density at radius 2 is 2.11 bits per heavy atom. The molecule has 4 heteroatoms. The van der Waals surface area contributed by atoms with Gasteiger partial charge in [-0.3, -0.25) is 9.59 Å². The van der Waals surface area contributed by atoms with Crippen LogP contribution in [0.4, 0.5) is 5.69 Å². The van der Waals surface area contributed by atoms with E-state index < -0.39 is 0 Å². The lowest BCUT2D eigenvalue weighted by Gasteiger charge is -2.19. The average molecular weight is 247 g/mol. The highest BCUT2D eigenvalue weighted by atomic mass is 16.5. The van der Waals surface area contributed by atoms with Crippen LogP contribution in [-0.4, -0.2) is 11.9 Å². The van der Waals surface area contributed by atoms with Crippen LogP contribution in [0, 0.1) is 0 Å². The molecule has 0 aromatic heterocycles. The molecule has 4 nitrogen and oxygen atoms in total. The van der Waals surface area contributed by atoms with Gasteiger partial charge in [0.2, 0.25) is 5.91 Å². The van der Waals surface area contributed by atoms with Crippen LogP contribution in [-0.2, 0) is 14.3 Å². The second-order valence-corrected chi connectivity index (χ2v) is 4.48. The molecule has 1 N–H and O–H groups in total. The van der Waals surface area contributed by atoms with E-state index in [1.165, 1.54) is 6.92 Å². The molecule has 2 rings (SSSR count). The van der Waals surface area contributed by atoms with Gasteiger partial charge in [-0.1, -0.05) is 18.2 Å². The van der Waals surface area contributed by atoms with Gasteiger partial charge in [0.15, 0.2) is 0 Å². The minimum Gasteiger partial charge on any atom is -0.458 e. The van der Waals surface area contributed by atoms with Crippen LogP contribution < -0.4 is 5.32 Å². The number of carbonyl (C=O) groups is 2. The predicted molar refractivity (Wildman–Crippen MR) is 68.0 cm³/mol. The number of fused-ring (bicyclic) bond motifs is 1. The lowest BCUT2D eigenvalue weighted by atomic mass is 10.0. The first-order valence-electron chi connectivity index (χ1n) is 6.23. The van der Waals surface area contributed by atoms with Crippen molar-refractivity contribution in [2.24, 2.45) is 0 Å². The molecule has 1 unspecified atom stereocenters. The molecule has 0 bridgehead atoms. The topological polar surface area (TPSA) is 55.4 Å². The van der Waals surface area contributed by atoms with Crippen molar-refractivity contribution >= 4 is 17.6 Å². The fraction of sp³-hybridized carbons (Fsp3) is 0.429. The van der Waals surface area contributed by atoms with Crippen molar-refractivity contribution in [1.29, 1.82) is 0 Å². The van der Waals surface area contributed by atoms with Crippen LogP contribution in [0.5, 0.6) is 0 Å². The molecular formula is C14H17NO3. The van der Waals surface area contributed by atoms with Gasteiger partial charge in [0, 0.05) is 24.6 Å². The third kappa shape index (κ3) is 3.09. The standard InChI is InChI=1S/C14H17NO3/c1-10(16)18-13-8-4-5-9-14(17)15-12-7-3-2-6-11(12)13/h2-3,6-7,13H,4-5,8-9H2,1H3,(H,15,17). The van der Waals surface area contributed by atoms with E-state index in [2.05, 4.69) is 5.32 Å². The first-order chi connectivity index (χ1) is 8.66. The Bertz CT molecular complexity index is 456. The van der Waals surface area contributed by atoms with E-state index in [1.54, 1.807) is 0 Å². The average Bonchev–Trinajstić information content (AvgIpc) is 2.39.